The minimum atomic E-state index is -2.03. The Kier molecular flexibility index (Phi) is 8.12. The predicted octanol–water partition coefficient (Wildman–Crippen LogP) is 2.10. The molecule has 0 saturated heterocycles. The molecule has 1 unspecified atom stereocenters. The van der Waals surface area contributed by atoms with Crippen LogP contribution >= 0.6 is 0 Å². The average molecular weight is 260 g/mol. The molecule has 0 rings (SSSR count). The maximum Gasteiger partial charge on any atom is 0.364 e. The van der Waals surface area contributed by atoms with Crippen molar-refractivity contribution in [3.63, 3.8) is 0 Å². The van der Waals surface area contributed by atoms with E-state index < -0.39 is 15.3 Å². The maximum atomic E-state index is 11.2. The number of ether oxygens (including phenoxy) is 1. The number of hydrogen-bond donors (Lipinski definition) is 0. The third-order valence-corrected chi connectivity index (χ3v) is 4.79. The number of esters is 1. The van der Waals surface area contributed by atoms with Crippen LogP contribution in [0.5, 0.6) is 0 Å². The van der Waals surface area contributed by atoms with Crippen LogP contribution in [0.2, 0.25) is 0 Å². The molecular formula is C12H24O4Si. The quantitative estimate of drug-likeness (QED) is 0.381. The van der Waals surface area contributed by atoms with E-state index >= 15 is 0 Å². The Morgan fingerprint density at radius 1 is 1.24 bits per heavy atom. The van der Waals surface area contributed by atoms with E-state index in [4.69, 9.17) is 13.6 Å². The van der Waals surface area contributed by atoms with Crippen molar-refractivity contribution in [3.05, 3.63) is 12.7 Å². The Labute approximate surface area is 106 Å². The molecule has 0 aliphatic carbocycles. The molecule has 0 saturated carbocycles. The largest absolute Gasteiger partial charge is 0.458 e. The summed E-state index contributed by atoms with van der Waals surface area (Å²) in [5.41, 5.74) is -0.273. The number of rotatable bonds is 8. The van der Waals surface area contributed by atoms with Crippen LogP contribution in [-0.2, 0) is 18.4 Å². The van der Waals surface area contributed by atoms with Gasteiger partial charge >= 0.3 is 15.3 Å². The lowest BCUT2D eigenvalue weighted by molar-refractivity contribution is -0.141. The second kappa shape index (κ2) is 8.44. The lowest BCUT2D eigenvalue weighted by Gasteiger charge is -2.27. The molecule has 0 aromatic rings. The van der Waals surface area contributed by atoms with Crippen molar-refractivity contribution in [2.75, 3.05) is 0 Å². The molecule has 0 N–H and O–H groups in total. The molecule has 4 nitrogen and oxygen atoms in total. The zero-order valence-electron chi connectivity index (χ0n) is 11.4. The predicted molar refractivity (Wildman–Crippen MR) is 70.0 cm³/mol. The highest BCUT2D eigenvalue weighted by Gasteiger charge is 2.30. The zero-order chi connectivity index (χ0) is 13.4. The highest BCUT2D eigenvalue weighted by molar-refractivity contribution is 6.46. The van der Waals surface area contributed by atoms with Gasteiger partial charge in [0.25, 0.3) is 0 Å². The van der Waals surface area contributed by atoms with Crippen molar-refractivity contribution in [1.29, 1.82) is 0 Å². The molecule has 0 aromatic heterocycles. The van der Waals surface area contributed by atoms with Gasteiger partial charge in [0, 0.05) is 18.3 Å². The fourth-order valence-electron chi connectivity index (χ4n) is 1.27. The normalized spacial score (nSPS) is 13.2. The molecule has 0 amide bonds. The first-order valence-electron chi connectivity index (χ1n) is 6.04. The zero-order valence-corrected chi connectivity index (χ0v) is 12.6. The van der Waals surface area contributed by atoms with Crippen LogP contribution in [0, 0.1) is 0 Å². The van der Waals surface area contributed by atoms with Crippen LogP contribution in [0.4, 0.5) is 0 Å². The van der Waals surface area contributed by atoms with Crippen molar-refractivity contribution in [3.8, 4) is 0 Å². The summed E-state index contributed by atoms with van der Waals surface area (Å²) in [5.74, 6) is -0.422. The second-order valence-corrected chi connectivity index (χ2v) is 6.35. The SMILES string of the molecule is C=CC(=O)OC(CC)[SiH](OC(C)C)OC(C)C. The molecule has 0 aliphatic heterocycles. The lowest BCUT2D eigenvalue weighted by atomic mass is 10.5. The molecule has 0 aliphatic rings. The van der Waals surface area contributed by atoms with Crippen LogP contribution in [0.25, 0.3) is 0 Å². The van der Waals surface area contributed by atoms with E-state index in [2.05, 4.69) is 6.58 Å². The number of hydrogen-bond acceptors (Lipinski definition) is 4. The molecule has 0 radical (unpaired) electrons. The Bertz CT molecular complexity index is 231. The number of carbonyl (C=O) groups is 1. The summed E-state index contributed by atoms with van der Waals surface area (Å²) in [6, 6.07) is 0. The lowest BCUT2D eigenvalue weighted by Crippen LogP contribution is -2.43. The van der Waals surface area contributed by atoms with E-state index in [0.717, 1.165) is 0 Å². The van der Waals surface area contributed by atoms with Crippen molar-refractivity contribution in [2.45, 2.75) is 59.0 Å². The van der Waals surface area contributed by atoms with Gasteiger partial charge < -0.3 is 13.6 Å². The van der Waals surface area contributed by atoms with E-state index in [-0.39, 0.29) is 17.9 Å². The summed E-state index contributed by atoms with van der Waals surface area (Å²) >= 11 is 0. The van der Waals surface area contributed by atoms with Gasteiger partial charge in [-0.3, -0.25) is 0 Å². The Morgan fingerprint density at radius 2 is 1.71 bits per heavy atom. The van der Waals surface area contributed by atoms with Crippen molar-refractivity contribution in [1.82, 2.24) is 0 Å². The molecule has 0 bridgehead atoms. The highest BCUT2D eigenvalue weighted by Crippen LogP contribution is 2.11. The first-order chi connectivity index (χ1) is 7.90. The molecule has 100 valence electrons. The first-order valence-corrected chi connectivity index (χ1v) is 7.65. The van der Waals surface area contributed by atoms with E-state index in [1.165, 1.54) is 6.08 Å². The average Bonchev–Trinajstić information content (AvgIpc) is 2.23. The Hall–Kier alpha value is -0.653. The van der Waals surface area contributed by atoms with Gasteiger partial charge in [0.15, 0.2) is 0 Å². The monoisotopic (exact) mass is 260 g/mol. The summed E-state index contributed by atoms with van der Waals surface area (Å²) in [7, 11) is -2.03. The van der Waals surface area contributed by atoms with Gasteiger partial charge in [-0.05, 0) is 34.1 Å². The van der Waals surface area contributed by atoms with Crippen molar-refractivity contribution < 1.29 is 18.4 Å². The fourth-order valence-corrected chi connectivity index (χ4v) is 3.39. The smallest absolute Gasteiger partial charge is 0.364 e. The summed E-state index contributed by atoms with van der Waals surface area (Å²) in [5, 5.41) is 0. The minimum absolute atomic E-state index is 0.0712. The van der Waals surface area contributed by atoms with E-state index in [1.807, 2.05) is 34.6 Å². The summed E-state index contributed by atoms with van der Waals surface area (Å²) in [4.78, 5) is 11.2. The van der Waals surface area contributed by atoms with Gasteiger partial charge in [0.2, 0.25) is 0 Å². The van der Waals surface area contributed by atoms with Crippen LogP contribution in [0.1, 0.15) is 41.0 Å². The highest BCUT2D eigenvalue weighted by atomic mass is 28.3. The van der Waals surface area contributed by atoms with Gasteiger partial charge in [-0.15, -0.1) is 0 Å². The first kappa shape index (κ1) is 16.3. The Balaban J connectivity index is 4.58. The van der Waals surface area contributed by atoms with Gasteiger partial charge in [-0.2, -0.15) is 0 Å². The second-order valence-electron chi connectivity index (χ2n) is 4.33. The summed E-state index contributed by atoms with van der Waals surface area (Å²) < 4.78 is 16.8. The van der Waals surface area contributed by atoms with Gasteiger partial charge in [0.05, 0.1) is 0 Å². The van der Waals surface area contributed by atoms with Crippen molar-refractivity contribution in [2.24, 2.45) is 0 Å². The third-order valence-electron chi connectivity index (χ3n) is 1.95. The van der Waals surface area contributed by atoms with E-state index in [9.17, 15) is 4.79 Å². The minimum Gasteiger partial charge on any atom is -0.458 e. The number of carbonyl (C=O) groups excluding carboxylic acids is 1. The molecule has 1 atom stereocenters. The van der Waals surface area contributed by atoms with Crippen LogP contribution in [0.3, 0.4) is 0 Å². The summed E-state index contributed by atoms with van der Waals surface area (Å²) in [6.45, 7) is 13.1. The van der Waals surface area contributed by atoms with Crippen LogP contribution < -0.4 is 0 Å². The van der Waals surface area contributed by atoms with Crippen LogP contribution in [-0.4, -0.2) is 33.2 Å². The Morgan fingerprint density at radius 3 is 2.00 bits per heavy atom. The van der Waals surface area contributed by atoms with Gasteiger partial charge in [0.1, 0.15) is 5.73 Å². The van der Waals surface area contributed by atoms with E-state index in [1.54, 1.807) is 0 Å². The third kappa shape index (κ3) is 7.30. The van der Waals surface area contributed by atoms with E-state index in [0.29, 0.717) is 6.42 Å². The molecule has 5 heteroatoms. The molecule has 17 heavy (non-hydrogen) atoms. The topological polar surface area (TPSA) is 44.8 Å². The fraction of sp³-hybridized carbons (Fsp3) is 0.750. The standard InChI is InChI=1S/C12H24O4Si/c1-7-11(13)14-12(8-2)17(15-9(3)4)16-10(5)6/h7,9-10,12,17H,1,8H2,2-6H3. The van der Waals surface area contributed by atoms with Crippen LogP contribution in [0.15, 0.2) is 12.7 Å². The molecule has 0 fully saturated rings. The maximum absolute atomic E-state index is 11.2. The summed E-state index contributed by atoms with van der Waals surface area (Å²) in [6.07, 6.45) is 2.00. The molecular weight excluding hydrogens is 236 g/mol. The molecule has 0 aromatic carbocycles. The van der Waals surface area contributed by atoms with Gasteiger partial charge in [-0.25, -0.2) is 4.79 Å². The van der Waals surface area contributed by atoms with Crippen molar-refractivity contribution >= 4 is 15.3 Å². The molecule has 0 spiro atoms. The molecule has 0 heterocycles. The van der Waals surface area contributed by atoms with Gasteiger partial charge in [-0.1, -0.05) is 13.5 Å².